The highest BCUT2D eigenvalue weighted by Crippen LogP contribution is 2.30. The van der Waals surface area contributed by atoms with Crippen molar-refractivity contribution in [1.82, 2.24) is 9.88 Å². The normalized spacial score (nSPS) is 17.6. The van der Waals surface area contributed by atoms with E-state index in [4.69, 9.17) is 11.6 Å². The lowest BCUT2D eigenvalue weighted by Crippen LogP contribution is -2.28. The fourth-order valence-corrected chi connectivity index (χ4v) is 4.21. The smallest absolute Gasteiger partial charge is 0.133 e. The lowest BCUT2D eigenvalue weighted by Gasteiger charge is -2.27. The Kier molecular flexibility index (Phi) is 6.19. The first-order valence-electron chi connectivity index (χ1n) is 8.49. The summed E-state index contributed by atoms with van der Waals surface area (Å²) < 4.78 is 0. The van der Waals surface area contributed by atoms with Gasteiger partial charge in [0.15, 0.2) is 0 Å². The monoisotopic (exact) mass is 372 g/mol. The van der Waals surface area contributed by atoms with Crippen molar-refractivity contribution in [1.29, 1.82) is 5.26 Å². The van der Waals surface area contributed by atoms with Crippen molar-refractivity contribution < 1.29 is 0 Å². The molecule has 1 aliphatic rings. The van der Waals surface area contributed by atoms with Gasteiger partial charge in [-0.15, -0.1) is 11.3 Å². The fourth-order valence-electron chi connectivity index (χ4n) is 3.14. The molecule has 130 valence electrons. The van der Waals surface area contributed by atoms with Gasteiger partial charge in [0.1, 0.15) is 10.9 Å². The third-order valence-electron chi connectivity index (χ3n) is 4.42. The molecule has 25 heavy (non-hydrogen) atoms. The first kappa shape index (κ1) is 18.1. The van der Waals surface area contributed by atoms with Crippen LogP contribution < -0.4 is 0 Å². The van der Waals surface area contributed by atoms with Crippen molar-refractivity contribution in [2.45, 2.75) is 31.7 Å². The maximum absolute atomic E-state index is 9.42. The van der Waals surface area contributed by atoms with Gasteiger partial charge in [-0.1, -0.05) is 29.8 Å². The van der Waals surface area contributed by atoms with Crippen LogP contribution in [0.5, 0.6) is 0 Å². The number of aromatic nitrogens is 1. The van der Waals surface area contributed by atoms with Crippen LogP contribution in [0.2, 0.25) is 5.02 Å². The summed E-state index contributed by atoms with van der Waals surface area (Å²) in [5, 5.41) is 13.0. The molecule has 1 aliphatic heterocycles. The van der Waals surface area contributed by atoms with E-state index in [9.17, 15) is 5.26 Å². The Morgan fingerprint density at radius 2 is 2.16 bits per heavy atom. The zero-order chi connectivity index (χ0) is 17.6. The van der Waals surface area contributed by atoms with Gasteiger partial charge in [0.05, 0.1) is 18.7 Å². The highest BCUT2D eigenvalue weighted by molar-refractivity contribution is 7.09. The van der Waals surface area contributed by atoms with Crippen LogP contribution in [0.25, 0.3) is 0 Å². The standard InChI is InChI=1S/C19H21ClN4S/c1-14-13-25-19(23-14)15(10-21)11-22-12-18(24-8-4-5-9-24)16-6-2-3-7-17(16)20/h2-3,6-7,11,13,15,18H,4-5,8-9,12H2,1H3/t15-,18+/m1/s1. The highest BCUT2D eigenvalue weighted by Gasteiger charge is 2.24. The molecule has 6 heteroatoms. The Labute approximate surface area is 157 Å². The Bertz CT molecular complexity index is 774. The number of aryl methyl sites for hydroxylation is 1. The molecular weight excluding hydrogens is 352 g/mol. The van der Waals surface area contributed by atoms with Gasteiger partial charge in [0.25, 0.3) is 0 Å². The maximum Gasteiger partial charge on any atom is 0.133 e. The number of benzene rings is 1. The summed E-state index contributed by atoms with van der Waals surface area (Å²) in [6.45, 7) is 4.68. The molecule has 0 unspecified atom stereocenters. The van der Waals surface area contributed by atoms with Crippen LogP contribution in [-0.2, 0) is 0 Å². The van der Waals surface area contributed by atoms with Crippen molar-refractivity contribution in [2.75, 3.05) is 19.6 Å². The molecule has 3 rings (SSSR count). The Hall–Kier alpha value is -1.74. The fraction of sp³-hybridized carbons (Fsp3) is 0.421. The van der Waals surface area contributed by atoms with E-state index in [2.05, 4.69) is 27.0 Å². The van der Waals surface area contributed by atoms with Crippen molar-refractivity contribution in [3.05, 3.63) is 50.9 Å². The van der Waals surface area contributed by atoms with Crippen LogP contribution in [0.15, 0.2) is 34.6 Å². The molecule has 0 aliphatic carbocycles. The summed E-state index contributed by atoms with van der Waals surface area (Å²) in [5.74, 6) is -0.385. The number of likely N-dealkylation sites (tertiary alicyclic amines) is 1. The second-order valence-electron chi connectivity index (χ2n) is 6.23. The van der Waals surface area contributed by atoms with E-state index in [1.165, 1.54) is 24.2 Å². The number of thiazole rings is 1. The zero-order valence-electron chi connectivity index (χ0n) is 14.2. The number of halogens is 1. The molecule has 1 fully saturated rings. The van der Waals surface area contributed by atoms with E-state index in [0.29, 0.717) is 6.54 Å². The van der Waals surface area contributed by atoms with E-state index in [-0.39, 0.29) is 12.0 Å². The second-order valence-corrected chi connectivity index (χ2v) is 7.53. The number of hydrogen-bond acceptors (Lipinski definition) is 5. The lowest BCUT2D eigenvalue weighted by atomic mass is 10.1. The summed E-state index contributed by atoms with van der Waals surface area (Å²) in [6.07, 6.45) is 4.16. The van der Waals surface area contributed by atoms with Gasteiger partial charge in [-0.25, -0.2) is 4.98 Å². The summed E-state index contributed by atoms with van der Waals surface area (Å²) in [7, 11) is 0. The summed E-state index contributed by atoms with van der Waals surface area (Å²) in [4.78, 5) is 11.5. The average Bonchev–Trinajstić information content (AvgIpc) is 3.28. The predicted molar refractivity (Wildman–Crippen MR) is 104 cm³/mol. The Morgan fingerprint density at radius 3 is 2.80 bits per heavy atom. The largest absolute Gasteiger partial charge is 0.294 e. The van der Waals surface area contributed by atoms with Crippen molar-refractivity contribution >= 4 is 29.2 Å². The molecule has 1 aromatic heterocycles. The van der Waals surface area contributed by atoms with E-state index in [0.717, 1.165) is 34.4 Å². The van der Waals surface area contributed by atoms with Crippen LogP contribution >= 0.6 is 22.9 Å². The molecule has 1 aromatic carbocycles. The minimum Gasteiger partial charge on any atom is -0.294 e. The molecule has 2 heterocycles. The minimum atomic E-state index is -0.385. The van der Waals surface area contributed by atoms with Gasteiger partial charge in [0, 0.05) is 22.3 Å². The first-order valence-corrected chi connectivity index (χ1v) is 9.75. The average molecular weight is 373 g/mol. The third kappa shape index (κ3) is 4.46. The molecule has 0 bridgehead atoms. The first-order chi connectivity index (χ1) is 12.2. The Balaban J connectivity index is 1.76. The molecule has 0 amide bonds. The predicted octanol–water partition coefficient (Wildman–Crippen LogP) is 4.62. The maximum atomic E-state index is 9.42. The van der Waals surface area contributed by atoms with Gasteiger partial charge in [0.2, 0.25) is 0 Å². The van der Waals surface area contributed by atoms with Crippen LogP contribution in [0.4, 0.5) is 0 Å². The zero-order valence-corrected chi connectivity index (χ0v) is 15.8. The third-order valence-corrected chi connectivity index (χ3v) is 5.81. The molecular formula is C19H21ClN4S. The molecule has 0 radical (unpaired) electrons. The molecule has 2 aromatic rings. The summed E-state index contributed by atoms with van der Waals surface area (Å²) >= 11 is 7.93. The topological polar surface area (TPSA) is 52.3 Å². The molecule has 0 saturated carbocycles. The summed E-state index contributed by atoms with van der Waals surface area (Å²) in [6, 6.07) is 10.4. The van der Waals surface area contributed by atoms with Crippen LogP contribution in [0.3, 0.4) is 0 Å². The van der Waals surface area contributed by atoms with Gasteiger partial charge < -0.3 is 0 Å². The number of nitriles is 1. The molecule has 0 N–H and O–H groups in total. The molecule has 1 saturated heterocycles. The quantitative estimate of drug-likeness (QED) is 0.695. The van der Waals surface area contributed by atoms with Gasteiger partial charge in [-0.3, -0.25) is 9.89 Å². The highest BCUT2D eigenvalue weighted by atomic mass is 35.5. The van der Waals surface area contributed by atoms with Crippen LogP contribution in [0.1, 0.15) is 41.1 Å². The SMILES string of the molecule is Cc1csc([C@H](C#N)C=NC[C@@H](c2ccccc2Cl)N2CCCC2)n1. The Morgan fingerprint density at radius 1 is 1.40 bits per heavy atom. The lowest BCUT2D eigenvalue weighted by molar-refractivity contribution is 0.252. The number of rotatable bonds is 6. The minimum absolute atomic E-state index is 0.157. The van der Waals surface area contributed by atoms with Gasteiger partial charge >= 0.3 is 0 Å². The van der Waals surface area contributed by atoms with E-state index in [1.807, 2.05) is 30.5 Å². The van der Waals surface area contributed by atoms with Crippen molar-refractivity contribution in [3.8, 4) is 6.07 Å². The van der Waals surface area contributed by atoms with Crippen LogP contribution in [0, 0.1) is 18.3 Å². The molecule has 2 atom stereocenters. The number of aliphatic imine (C=N–C) groups is 1. The van der Waals surface area contributed by atoms with E-state index < -0.39 is 0 Å². The van der Waals surface area contributed by atoms with E-state index >= 15 is 0 Å². The van der Waals surface area contributed by atoms with Crippen molar-refractivity contribution in [3.63, 3.8) is 0 Å². The summed E-state index contributed by atoms with van der Waals surface area (Å²) in [5.41, 5.74) is 2.06. The van der Waals surface area contributed by atoms with E-state index in [1.54, 1.807) is 6.21 Å². The molecule has 4 nitrogen and oxygen atoms in total. The van der Waals surface area contributed by atoms with Crippen molar-refractivity contribution in [2.24, 2.45) is 4.99 Å². The number of hydrogen-bond donors (Lipinski definition) is 0. The van der Waals surface area contributed by atoms with Gasteiger partial charge in [-0.2, -0.15) is 5.26 Å². The van der Waals surface area contributed by atoms with Gasteiger partial charge in [-0.05, 0) is 44.5 Å². The molecule has 0 spiro atoms. The van der Waals surface area contributed by atoms with Crippen LogP contribution in [-0.4, -0.2) is 35.7 Å². The number of nitrogens with zero attached hydrogens (tertiary/aromatic N) is 4. The second kappa shape index (κ2) is 8.57.